The summed E-state index contributed by atoms with van der Waals surface area (Å²) < 4.78 is 76.4. The van der Waals surface area contributed by atoms with Crippen molar-refractivity contribution in [2.45, 2.75) is 22.4 Å². The van der Waals surface area contributed by atoms with Crippen LogP contribution in [0, 0.1) is 0 Å². The van der Waals surface area contributed by atoms with Crippen molar-refractivity contribution in [3.05, 3.63) is 70.8 Å². The summed E-state index contributed by atoms with van der Waals surface area (Å²) in [6.07, 6.45) is -8.97. The number of alkyl halides is 6. The van der Waals surface area contributed by atoms with Gasteiger partial charge in [-0.05, 0) is 35.9 Å². The number of anilines is 1. The number of amides is 1. The van der Waals surface area contributed by atoms with Crippen LogP contribution in [0.25, 0.3) is 0 Å². The highest BCUT2D eigenvalue weighted by molar-refractivity contribution is 8.00. The highest BCUT2D eigenvalue weighted by atomic mass is 32.2. The van der Waals surface area contributed by atoms with Gasteiger partial charge in [0.1, 0.15) is 0 Å². The minimum atomic E-state index is -4.57. The van der Waals surface area contributed by atoms with Crippen LogP contribution in [0.3, 0.4) is 0 Å². The van der Waals surface area contributed by atoms with Crippen LogP contribution in [0.4, 0.5) is 31.5 Å². The number of carbonyl (C=O) groups excluding carboxylic acids is 1. The molecule has 0 spiro atoms. The summed E-state index contributed by atoms with van der Waals surface area (Å²) >= 11 is 2.20. The summed E-state index contributed by atoms with van der Waals surface area (Å²) in [5, 5.41) is 10.1. The first kappa shape index (κ1) is 22.1. The molecule has 3 aromatic rings. The molecular formula is C18H11F6N3OS2. The lowest BCUT2D eigenvalue weighted by Gasteiger charge is -2.08. The fourth-order valence-corrected chi connectivity index (χ4v) is 3.96. The monoisotopic (exact) mass is 463 g/mol. The molecule has 0 unspecified atom stereocenters. The maximum absolute atomic E-state index is 12.8. The maximum atomic E-state index is 12.8. The molecule has 1 N–H and O–H groups in total. The minimum Gasteiger partial charge on any atom is -0.296 e. The summed E-state index contributed by atoms with van der Waals surface area (Å²) in [6, 6.07) is 8.64. The first-order chi connectivity index (χ1) is 14.0. The van der Waals surface area contributed by atoms with E-state index in [1.807, 2.05) is 0 Å². The van der Waals surface area contributed by atoms with Gasteiger partial charge in [0.05, 0.1) is 11.1 Å². The molecule has 12 heteroatoms. The van der Waals surface area contributed by atoms with Gasteiger partial charge >= 0.3 is 12.4 Å². The zero-order valence-corrected chi connectivity index (χ0v) is 16.3. The van der Waals surface area contributed by atoms with Gasteiger partial charge in [-0.15, -0.1) is 10.2 Å². The summed E-state index contributed by atoms with van der Waals surface area (Å²) in [6.45, 7) is 0. The van der Waals surface area contributed by atoms with Crippen LogP contribution in [-0.4, -0.2) is 16.1 Å². The number of aromatic nitrogens is 2. The topological polar surface area (TPSA) is 54.9 Å². The van der Waals surface area contributed by atoms with Crippen LogP contribution < -0.4 is 5.32 Å². The molecule has 0 aliphatic carbocycles. The molecule has 1 amide bonds. The number of nitrogens with one attached hydrogen (secondary N) is 1. The molecule has 4 nitrogen and oxygen atoms in total. The standard InChI is InChI=1S/C18H11F6N3OS2/c19-17(20,21)12-6-4-10(5-7-12)9-29-16-27-26-15(30-16)25-14(28)11-2-1-3-13(8-11)18(22,23)24/h1-8H,9H2,(H,25,26,28). The number of benzene rings is 2. The average molecular weight is 463 g/mol. The van der Waals surface area contributed by atoms with Gasteiger partial charge < -0.3 is 0 Å². The first-order valence-electron chi connectivity index (χ1n) is 8.13. The van der Waals surface area contributed by atoms with Crippen molar-refractivity contribution < 1.29 is 31.1 Å². The molecule has 3 rings (SSSR count). The third-order valence-corrected chi connectivity index (χ3v) is 5.77. The Morgan fingerprint density at radius 3 is 2.23 bits per heavy atom. The molecule has 0 bridgehead atoms. The molecule has 30 heavy (non-hydrogen) atoms. The Hall–Kier alpha value is -2.60. The molecule has 0 atom stereocenters. The van der Waals surface area contributed by atoms with Crippen LogP contribution in [0.1, 0.15) is 27.0 Å². The minimum absolute atomic E-state index is 0.0901. The van der Waals surface area contributed by atoms with Crippen molar-refractivity contribution in [3.63, 3.8) is 0 Å². The second-order valence-electron chi connectivity index (χ2n) is 5.89. The van der Waals surface area contributed by atoms with E-state index >= 15 is 0 Å². The Morgan fingerprint density at radius 1 is 0.933 bits per heavy atom. The van der Waals surface area contributed by atoms with Gasteiger partial charge in [-0.2, -0.15) is 26.3 Å². The Labute approximate surface area is 174 Å². The molecular weight excluding hydrogens is 452 g/mol. The molecule has 0 aliphatic heterocycles. The van der Waals surface area contributed by atoms with Crippen LogP contribution >= 0.6 is 23.1 Å². The quantitative estimate of drug-likeness (QED) is 0.281. The van der Waals surface area contributed by atoms with Gasteiger partial charge in [0, 0.05) is 11.3 Å². The fourth-order valence-electron chi connectivity index (χ4n) is 2.26. The molecule has 2 aromatic carbocycles. The van der Waals surface area contributed by atoms with Crippen molar-refractivity contribution in [2.75, 3.05) is 5.32 Å². The lowest BCUT2D eigenvalue weighted by atomic mass is 10.1. The van der Waals surface area contributed by atoms with E-state index in [0.29, 0.717) is 15.7 Å². The predicted octanol–water partition coefficient (Wildman–Crippen LogP) is 6.12. The smallest absolute Gasteiger partial charge is 0.296 e. The zero-order chi connectivity index (χ0) is 21.9. The van der Waals surface area contributed by atoms with Crippen LogP contribution in [-0.2, 0) is 18.1 Å². The van der Waals surface area contributed by atoms with Crippen molar-refractivity contribution in [1.82, 2.24) is 10.2 Å². The van der Waals surface area contributed by atoms with E-state index in [4.69, 9.17) is 0 Å². The van der Waals surface area contributed by atoms with Crippen molar-refractivity contribution >= 4 is 34.1 Å². The second-order valence-corrected chi connectivity index (χ2v) is 8.09. The van der Waals surface area contributed by atoms with E-state index in [2.05, 4.69) is 15.5 Å². The average Bonchev–Trinajstić information content (AvgIpc) is 3.13. The lowest BCUT2D eigenvalue weighted by Crippen LogP contribution is -2.13. The first-order valence-corrected chi connectivity index (χ1v) is 9.93. The second kappa shape index (κ2) is 8.64. The normalized spacial score (nSPS) is 12.1. The van der Waals surface area contributed by atoms with Crippen molar-refractivity contribution in [1.29, 1.82) is 0 Å². The highest BCUT2D eigenvalue weighted by Crippen LogP contribution is 2.32. The molecule has 1 heterocycles. The largest absolute Gasteiger partial charge is 0.416 e. The lowest BCUT2D eigenvalue weighted by molar-refractivity contribution is -0.138. The van der Waals surface area contributed by atoms with Crippen LogP contribution in [0.2, 0.25) is 0 Å². The molecule has 0 radical (unpaired) electrons. The van der Waals surface area contributed by atoms with E-state index in [-0.39, 0.29) is 10.7 Å². The van der Waals surface area contributed by atoms with Gasteiger partial charge in [0.2, 0.25) is 5.13 Å². The number of nitrogens with zero attached hydrogens (tertiary/aromatic N) is 2. The zero-order valence-electron chi connectivity index (χ0n) is 14.7. The number of rotatable bonds is 5. The summed E-state index contributed by atoms with van der Waals surface area (Å²) in [4.78, 5) is 12.2. The third-order valence-electron chi connectivity index (χ3n) is 3.72. The van der Waals surface area contributed by atoms with E-state index in [9.17, 15) is 31.1 Å². The SMILES string of the molecule is O=C(Nc1nnc(SCc2ccc(C(F)(F)F)cc2)s1)c1cccc(C(F)(F)F)c1. The molecule has 0 aliphatic rings. The van der Waals surface area contributed by atoms with Gasteiger partial charge in [-0.25, -0.2) is 0 Å². The van der Waals surface area contributed by atoms with Gasteiger partial charge in [0.15, 0.2) is 4.34 Å². The fraction of sp³-hybridized carbons (Fsp3) is 0.167. The van der Waals surface area contributed by atoms with E-state index in [1.54, 1.807) is 0 Å². The van der Waals surface area contributed by atoms with Gasteiger partial charge in [-0.3, -0.25) is 10.1 Å². The van der Waals surface area contributed by atoms with Crippen molar-refractivity contribution in [2.24, 2.45) is 0 Å². The Morgan fingerprint density at radius 2 is 1.60 bits per heavy atom. The number of thioether (sulfide) groups is 1. The van der Waals surface area contributed by atoms with Crippen LogP contribution in [0.5, 0.6) is 0 Å². The van der Waals surface area contributed by atoms with E-state index < -0.39 is 29.4 Å². The Kier molecular flexibility index (Phi) is 6.36. The van der Waals surface area contributed by atoms with Crippen LogP contribution in [0.15, 0.2) is 52.9 Å². The molecule has 1 aromatic heterocycles. The van der Waals surface area contributed by atoms with Gasteiger partial charge in [-0.1, -0.05) is 41.3 Å². The Bertz CT molecular complexity index is 1030. The van der Waals surface area contributed by atoms with E-state index in [1.165, 1.54) is 30.0 Å². The molecule has 0 saturated heterocycles. The molecule has 0 fully saturated rings. The predicted molar refractivity (Wildman–Crippen MR) is 100 cm³/mol. The number of hydrogen-bond donors (Lipinski definition) is 1. The summed E-state index contributed by atoms with van der Waals surface area (Å²) in [5.74, 6) is -0.439. The highest BCUT2D eigenvalue weighted by Gasteiger charge is 2.31. The third kappa shape index (κ3) is 5.72. The molecule has 158 valence electrons. The molecule has 0 saturated carbocycles. The number of carbonyl (C=O) groups is 1. The number of halogens is 6. The van der Waals surface area contributed by atoms with E-state index in [0.717, 1.165) is 41.7 Å². The summed E-state index contributed by atoms with van der Waals surface area (Å²) in [5.41, 5.74) is -1.23. The number of hydrogen-bond acceptors (Lipinski definition) is 5. The van der Waals surface area contributed by atoms with Crippen molar-refractivity contribution in [3.8, 4) is 0 Å². The Balaban J connectivity index is 1.59. The summed E-state index contributed by atoms with van der Waals surface area (Å²) in [7, 11) is 0. The maximum Gasteiger partial charge on any atom is 0.416 e. The van der Waals surface area contributed by atoms with Gasteiger partial charge in [0.25, 0.3) is 5.91 Å².